The third kappa shape index (κ3) is 9.03. The van der Waals surface area contributed by atoms with Crippen LogP contribution in [-0.4, -0.2) is 65.8 Å². The summed E-state index contributed by atoms with van der Waals surface area (Å²) in [5.74, 6) is -0.545. The van der Waals surface area contributed by atoms with Gasteiger partial charge in [-0.3, -0.25) is 22.1 Å². The zero-order valence-electron chi connectivity index (χ0n) is 23.8. The monoisotopic (exact) mass is 560 g/mol. The maximum atomic E-state index is 13.8. The van der Waals surface area contributed by atoms with Gasteiger partial charge in [-0.25, -0.2) is 4.57 Å². The average molecular weight is 561 g/mol. The van der Waals surface area contributed by atoms with Crippen molar-refractivity contribution in [3.8, 4) is 0 Å². The Hall–Kier alpha value is 0.664. The van der Waals surface area contributed by atoms with Gasteiger partial charge in [-0.05, 0) is 26.1 Å². The summed E-state index contributed by atoms with van der Waals surface area (Å²) in [4.78, 5) is 13.0. The number of carbonyl (C=O) groups is 1. The van der Waals surface area contributed by atoms with Crippen LogP contribution in [0.25, 0.3) is 0 Å². The average Bonchev–Trinajstić information content (AvgIpc) is 2.47. The molecule has 0 saturated carbocycles. The van der Waals surface area contributed by atoms with E-state index in [1.807, 2.05) is 65.8 Å². The highest BCUT2D eigenvalue weighted by Crippen LogP contribution is 2.78. The molecule has 32 heavy (non-hydrogen) atoms. The largest absolute Gasteiger partial charge is 0.631 e. The summed E-state index contributed by atoms with van der Waals surface area (Å²) in [6.45, 7) is 33.7. The Balaban J connectivity index is 0. The lowest BCUT2D eigenvalue weighted by atomic mass is 10.5. The molecule has 12 heteroatoms. The van der Waals surface area contributed by atoms with E-state index in [4.69, 9.17) is 4.52 Å². The lowest BCUT2D eigenvalue weighted by molar-refractivity contribution is -0.232. The third-order valence-electron chi connectivity index (χ3n) is 3.61. The molecule has 1 rings (SSSR count). The second-order valence-corrected chi connectivity index (χ2v) is 35.0. The fraction of sp³-hybridized carbons (Fsp3) is 0.950. The van der Waals surface area contributed by atoms with Crippen molar-refractivity contribution in [3.05, 3.63) is 0 Å². The molecule has 0 amide bonds. The van der Waals surface area contributed by atoms with Gasteiger partial charge in [0.15, 0.2) is 0 Å². The Morgan fingerprint density at radius 3 is 1.44 bits per heavy atom. The van der Waals surface area contributed by atoms with Crippen molar-refractivity contribution in [2.75, 3.05) is 6.61 Å². The van der Waals surface area contributed by atoms with E-state index in [1.54, 1.807) is 0 Å². The lowest BCUT2D eigenvalue weighted by Gasteiger charge is -2.58. The van der Waals surface area contributed by atoms with Gasteiger partial charge in [-0.15, -0.1) is 0 Å². The number of aliphatic hydroxyl groups is 1. The van der Waals surface area contributed by atoms with Crippen molar-refractivity contribution in [2.24, 2.45) is 0 Å². The van der Waals surface area contributed by atoms with E-state index >= 15 is 0 Å². The number of carbonyl (C=O) groups excluding carboxylic acids is 1. The van der Waals surface area contributed by atoms with Crippen molar-refractivity contribution in [2.45, 2.75) is 117 Å². The molecule has 0 aromatic heterocycles. The van der Waals surface area contributed by atoms with Gasteiger partial charge in [0.25, 0.3) is 0 Å². The standard InChI is InChI=1S/C14H35O6PSi3.2C3H9Si/c1-11-12-18-21(17)14(16,13(15)19(21)22(2,3)4)20(23(5,6)7)24(8,9)10;2*1-4(2)3/h16H,11-12H2,1-10H3;2*1-3H3/q+2;2*-1. The predicted octanol–water partition coefficient (Wildman–Crippen LogP) is 7.14. The van der Waals surface area contributed by atoms with Crippen LogP contribution in [0.1, 0.15) is 13.3 Å². The highest BCUT2D eigenvalue weighted by molar-refractivity contribution is 7.62. The predicted molar refractivity (Wildman–Crippen MR) is 153 cm³/mol. The van der Waals surface area contributed by atoms with Crippen LogP contribution in [0.4, 0.5) is 0 Å². The quantitative estimate of drug-likeness (QED) is 0.155. The van der Waals surface area contributed by atoms with E-state index in [0.717, 1.165) is 0 Å². The fourth-order valence-electron chi connectivity index (χ4n) is 3.39. The molecule has 6 nitrogen and oxygen atoms in total. The molecule has 1 fully saturated rings. The SMILES string of the molecule is CCCOP1(=O)[O+]([Si](C)(C)C)C(=O)C1(O)[O+]([Si](C)(C)C)[Si](C)(C)C.C[Si-](C)C.C[Si-](C)C. The molecule has 0 aromatic rings. The van der Waals surface area contributed by atoms with Gasteiger partial charge in [0.1, 0.15) is 0 Å². The molecule has 1 saturated heterocycles. The van der Waals surface area contributed by atoms with Gasteiger partial charge in [-0.1, -0.05) is 6.92 Å². The first kappa shape index (κ1) is 34.8. The smallest absolute Gasteiger partial charge is 0.567 e. The van der Waals surface area contributed by atoms with Crippen molar-refractivity contribution >= 4 is 56.1 Å². The zero-order valence-corrected chi connectivity index (χ0v) is 29.7. The summed E-state index contributed by atoms with van der Waals surface area (Å²) in [5.41, 5.74) is -2.11. The number of rotatable bonds is 7. The van der Waals surface area contributed by atoms with E-state index in [2.05, 4.69) is 46.9 Å². The van der Waals surface area contributed by atoms with Gasteiger partial charge in [0, 0.05) is 39.3 Å². The second-order valence-electron chi connectivity index (χ2n) is 12.2. The highest BCUT2D eigenvalue weighted by atomic mass is 31.2. The van der Waals surface area contributed by atoms with Crippen LogP contribution >= 0.6 is 7.60 Å². The van der Waals surface area contributed by atoms with Crippen LogP contribution in [0, 0.1) is 0 Å². The Kier molecular flexibility index (Phi) is 13.7. The van der Waals surface area contributed by atoms with Crippen LogP contribution in [0.2, 0.25) is 98.2 Å². The minimum atomic E-state index is -3.79. The molecule has 0 bridgehead atoms. The Bertz CT molecular complexity index is 614. The molecule has 194 valence electrons. The van der Waals surface area contributed by atoms with Gasteiger partial charge >= 0.3 is 44.0 Å². The lowest BCUT2D eigenvalue weighted by Crippen LogP contribution is -2.74. The van der Waals surface area contributed by atoms with E-state index in [-0.39, 0.29) is 24.2 Å². The summed E-state index contributed by atoms with van der Waals surface area (Å²) >= 11 is 0. The molecular weight excluding hydrogens is 508 g/mol. The molecule has 0 radical (unpaired) electrons. The second kappa shape index (κ2) is 12.6. The molecule has 1 N–H and O–H groups in total. The molecule has 1 aliphatic rings. The summed E-state index contributed by atoms with van der Waals surface area (Å²) < 4.78 is 24.9. The van der Waals surface area contributed by atoms with Crippen molar-refractivity contribution in [1.82, 2.24) is 0 Å². The maximum Gasteiger partial charge on any atom is 0.631 e. The van der Waals surface area contributed by atoms with Crippen molar-refractivity contribution in [1.29, 1.82) is 0 Å². The van der Waals surface area contributed by atoms with Gasteiger partial charge < -0.3 is 12.7 Å². The fourth-order valence-corrected chi connectivity index (χ4v) is 20.8. The zero-order chi connectivity index (χ0) is 26.5. The first-order chi connectivity index (χ1) is 13.9. The minimum Gasteiger partial charge on any atom is -0.567 e. The maximum absolute atomic E-state index is 13.8. The molecule has 1 aliphatic heterocycles. The number of hydrogen-bond acceptors (Lipinski definition) is 4. The molecule has 2 unspecified atom stereocenters. The molecular formula is C20H53O6PSi5. The molecule has 0 spiro atoms. The van der Waals surface area contributed by atoms with Crippen molar-refractivity contribution in [3.63, 3.8) is 0 Å². The summed E-state index contributed by atoms with van der Waals surface area (Å²) in [5, 5.41) is 11.5. The Morgan fingerprint density at radius 2 is 1.22 bits per heavy atom. The van der Waals surface area contributed by atoms with E-state index < -0.39 is 44.0 Å². The highest BCUT2D eigenvalue weighted by Gasteiger charge is 2.91. The summed E-state index contributed by atoms with van der Waals surface area (Å²) in [6, 6.07) is 0. The summed E-state index contributed by atoms with van der Waals surface area (Å²) in [7, 11) is -10.3. The molecule has 0 aliphatic carbocycles. The summed E-state index contributed by atoms with van der Waals surface area (Å²) in [6.07, 6.45) is 0.666. The van der Waals surface area contributed by atoms with Gasteiger partial charge in [-0.2, -0.15) is 39.3 Å². The topological polar surface area (TPSA) is 69.0 Å². The molecule has 1 heterocycles. The first-order valence-corrected chi connectivity index (χ1v) is 29.2. The minimum absolute atomic E-state index is 0.120. The Labute approximate surface area is 206 Å². The third-order valence-corrected chi connectivity index (χ3v) is 16.7. The first-order valence-electron chi connectivity index (χ1n) is 11.5. The van der Waals surface area contributed by atoms with Crippen LogP contribution in [0.15, 0.2) is 0 Å². The van der Waals surface area contributed by atoms with Crippen molar-refractivity contribution < 1.29 is 26.6 Å². The van der Waals surface area contributed by atoms with Crippen LogP contribution < -0.4 is 0 Å². The van der Waals surface area contributed by atoms with Gasteiger partial charge in [0.2, 0.25) is 0 Å². The normalized spacial score (nSPS) is 24.1. The van der Waals surface area contributed by atoms with Crippen LogP contribution in [0.3, 0.4) is 0 Å². The van der Waals surface area contributed by atoms with Crippen LogP contribution in [0.5, 0.6) is 0 Å². The number of hydrogen-bond donors (Lipinski definition) is 1. The van der Waals surface area contributed by atoms with Gasteiger partial charge in [0.05, 0.1) is 11.4 Å². The Morgan fingerprint density at radius 1 is 0.906 bits per heavy atom. The van der Waals surface area contributed by atoms with E-state index in [0.29, 0.717) is 6.42 Å². The molecule has 0 aromatic carbocycles. The van der Waals surface area contributed by atoms with E-state index in [9.17, 15) is 14.5 Å². The molecule has 2 atom stereocenters. The van der Waals surface area contributed by atoms with Crippen LogP contribution in [-0.2, 0) is 21.5 Å². The van der Waals surface area contributed by atoms with E-state index in [1.165, 1.54) is 0 Å².